The van der Waals surface area contributed by atoms with Crippen molar-refractivity contribution in [2.45, 2.75) is 0 Å². The van der Waals surface area contributed by atoms with Gasteiger partial charge in [-0.3, -0.25) is 4.79 Å². The Hall–Kier alpha value is -1.51. The van der Waals surface area contributed by atoms with Crippen LogP contribution >= 0.6 is 0 Å². The monoisotopic (exact) mass is 289 g/mol. The van der Waals surface area contributed by atoms with Gasteiger partial charge in [0.15, 0.2) is 0 Å². The molecule has 0 saturated carbocycles. The minimum atomic E-state index is -3.48. The Morgan fingerprint density at radius 3 is 2.32 bits per heavy atom. The fraction of sp³-hybridized carbons (Fsp3) is 0.364. The third-order valence-corrected chi connectivity index (χ3v) is 3.81. The molecular formula is C11H16FN3O3S. The van der Waals surface area contributed by atoms with Gasteiger partial charge in [-0.05, 0) is 24.3 Å². The predicted octanol–water partition coefficient (Wildman–Crippen LogP) is -0.0485. The molecule has 0 aromatic heterocycles. The number of halogens is 1. The predicted molar refractivity (Wildman–Crippen MR) is 69.3 cm³/mol. The lowest BCUT2D eigenvalue weighted by Crippen LogP contribution is -2.40. The maximum Gasteiger partial charge on any atom is 0.278 e. The van der Waals surface area contributed by atoms with Crippen LogP contribution < -0.4 is 10.0 Å². The van der Waals surface area contributed by atoms with Crippen LogP contribution in [0.5, 0.6) is 0 Å². The fourth-order valence-corrected chi connectivity index (χ4v) is 1.81. The largest absolute Gasteiger partial charge is 0.351 e. The molecule has 0 aliphatic carbocycles. The van der Waals surface area contributed by atoms with E-state index in [1.54, 1.807) is 0 Å². The van der Waals surface area contributed by atoms with Gasteiger partial charge in [0.05, 0.1) is 0 Å². The Kier molecular flexibility index (Phi) is 5.40. The number of nitrogens with one attached hydrogen (secondary N) is 2. The van der Waals surface area contributed by atoms with Gasteiger partial charge in [-0.1, -0.05) is 0 Å². The van der Waals surface area contributed by atoms with Gasteiger partial charge in [0.2, 0.25) is 0 Å². The van der Waals surface area contributed by atoms with Crippen LogP contribution in [-0.4, -0.2) is 45.8 Å². The highest BCUT2D eigenvalue weighted by Gasteiger charge is 2.11. The minimum Gasteiger partial charge on any atom is -0.351 e. The molecule has 0 heterocycles. The minimum absolute atomic E-state index is 0.0768. The van der Waals surface area contributed by atoms with Crippen molar-refractivity contribution < 1.29 is 17.6 Å². The van der Waals surface area contributed by atoms with E-state index >= 15 is 0 Å². The molecular weight excluding hydrogens is 273 g/mol. The first kappa shape index (κ1) is 15.5. The Morgan fingerprint density at radius 2 is 1.79 bits per heavy atom. The molecule has 0 fully saturated rings. The average molecular weight is 289 g/mol. The van der Waals surface area contributed by atoms with Gasteiger partial charge in [0.25, 0.3) is 16.1 Å². The highest BCUT2D eigenvalue weighted by Crippen LogP contribution is 2.01. The molecule has 0 saturated heterocycles. The summed E-state index contributed by atoms with van der Waals surface area (Å²) in [5.41, 5.74) is 0.317. The molecule has 19 heavy (non-hydrogen) atoms. The van der Waals surface area contributed by atoms with Crippen molar-refractivity contribution >= 4 is 16.1 Å². The van der Waals surface area contributed by atoms with Crippen LogP contribution in [-0.2, 0) is 10.2 Å². The maximum atomic E-state index is 12.7. The second-order valence-electron chi connectivity index (χ2n) is 3.94. The zero-order valence-corrected chi connectivity index (χ0v) is 11.5. The number of rotatable bonds is 6. The fourth-order valence-electron chi connectivity index (χ4n) is 1.19. The van der Waals surface area contributed by atoms with E-state index < -0.39 is 16.0 Å². The van der Waals surface area contributed by atoms with Crippen molar-refractivity contribution in [1.29, 1.82) is 0 Å². The summed E-state index contributed by atoms with van der Waals surface area (Å²) in [6, 6.07) is 5.08. The molecule has 106 valence electrons. The third kappa shape index (κ3) is 4.93. The Morgan fingerprint density at radius 1 is 1.21 bits per heavy atom. The zero-order valence-electron chi connectivity index (χ0n) is 10.7. The van der Waals surface area contributed by atoms with Crippen LogP contribution in [0.2, 0.25) is 0 Å². The molecule has 0 spiro atoms. The summed E-state index contributed by atoms with van der Waals surface area (Å²) in [6.07, 6.45) is 0. The normalized spacial score (nSPS) is 11.6. The van der Waals surface area contributed by atoms with Gasteiger partial charge in [-0.2, -0.15) is 12.7 Å². The summed E-state index contributed by atoms with van der Waals surface area (Å²) < 4.78 is 38.7. The quantitative estimate of drug-likeness (QED) is 0.721. The topological polar surface area (TPSA) is 78.5 Å². The smallest absolute Gasteiger partial charge is 0.278 e. The molecule has 1 aromatic carbocycles. The number of hydrogen-bond acceptors (Lipinski definition) is 3. The van der Waals surface area contributed by atoms with Gasteiger partial charge < -0.3 is 5.32 Å². The highest BCUT2D eigenvalue weighted by molar-refractivity contribution is 7.87. The molecule has 0 radical (unpaired) electrons. The summed E-state index contributed by atoms with van der Waals surface area (Å²) in [5, 5.41) is 2.52. The van der Waals surface area contributed by atoms with Crippen LogP contribution in [0.1, 0.15) is 10.4 Å². The standard InChI is InChI=1S/C11H16FN3O3S/c1-15(2)19(17,18)14-8-7-13-11(16)9-3-5-10(12)6-4-9/h3-6,14H,7-8H2,1-2H3,(H,13,16). The van der Waals surface area contributed by atoms with Gasteiger partial charge >= 0.3 is 0 Å². The Bertz CT molecular complexity index is 529. The molecule has 6 nitrogen and oxygen atoms in total. The van der Waals surface area contributed by atoms with E-state index in [0.717, 1.165) is 4.31 Å². The van der Waals surface area contributed by atoms with E-state index in [2.05, 4.69) is 10.0 Å². The van der Waals surface area contributed by atoms with Crippen LogP contribution in [0.15, 0.2) is 24.3 Å². The molecule has 0 bridgehead atoms. The summed E-state index contributed by atoms with van der Waals surface area (Å²) in [5.74, 6) is -0.806. The van der Waals surface area contributed by atoms with Crippen LogP contribution in [0, 0.1) is 5.82 Å². The number of hydrogen-bond donors (Lipinski definition) is 2. The first-order chi connectivity index (χ1) is 8.83. The van der Waals surface area contributed by atoms with Crippen LogP contribution in [0.4, 0.5) is 4.39 Å². The average Bonchev–Trinajstić information content (AvgIpc) is 2.35. The van der Waals surface area contributed by atoms with Crippen molar-refractivity contribution in [3.8, 4) is 0 Å². The third-order valence-electron chi connectivity index (χ3n) is 2.28. The lowest BCUT2D eigenvalue weighted by Gasteiger charge is -2.12. The van der Waals surface area contributed by atoms with Gasteiger partial charge in [0, 0.05) is 32.7 Å². The van der Waals surface area contributed by atoms with Gasteiger partial charge in [-0.15, -0.1) is 0 Å². The van der Waals surface area contributed by atoms with E-state index in [9.17, 15) is 17.6 Å². The molecule has 0 unspecified atom stereocenters. The molecule has 2 N–H and O–H groups in total. The molecule has 0 atom stereocenters. The second-order valence-corrected chi connectivity index (χ2v) is 5.91. The van der Waals surface area contributed by atoms with E-state index in [0.29, 0.717) is 5.56 Å². The van der Waals surface area contributed by atoms with Crippen LogP contribution in [0.25, 0.3) is 0 Å². The van der Waals surface area contributed by atoms with Gasteiger partial charge in [-0.25, -0.2) is 9.11 Å². The zero-order chi connectivity index (χ0) is 14.5. The second kappa shape index (κ2) is 6.60. The maximum absolute atomic E-state index is 12.7. The van der Waals surface area contributed by atoms with Crippen LogP contribution in [0.3, 0.4) is 0 Å². The molecule has 1 rings (SSSR count). The van der Waals surface area contributed by atoms with E-state index in [4.69, 9.17) is 0 Å². The summed E-state index contributed by atoms with van der Waals surface area (Å²) >= 11 is 0. The van der Waals surface area contributed by atoms with Crippen molar-refractivity contribution in [3.63, 3.8) is 0 Å². The van der Waals surface area contributed by atoms with Gasteiger partial charge in [0.1, 0.15) is 5.82 Å². The first-order valence-electron chi connectivity index (χ1n) is 5.54. The van der Waals surface area contributed by atoms with Crippen molar-refractivity contribution in [2.24, 2.45) is 0 Å². The van der Waals surface area contributed by atoms with E-state index in [1.807, 2.05) is 0 Å². The lowest BCUT2D eigenvalue weighted by atomic mass is 10.2. The summed E-state index contributed by atoms with van der Waals surface area (Å²) in [4.78, 5) is 11.6. The number of benzene rings is 1. The molecule has 0 aliphatic rings. The summed E-state index contributed by atoms with van der Waals surface area (Å²) in [6.45, 7) is 0.219. The Labute approximate surface area is 111 Å². The number of carbonyl (C=O) groups excluding carboxylic acids is 1. The Balaban J connectivity index is 2.38. The highest BCUT2D eigenvalue weighted by atomic mass is 32.2. The SMILES string of the molecule is CN(C)S(=O)(=O)NCCNC(=O)c1ccc(F)cc1. The first-order valence-corrected chi connectivity index (χ1v) is 6.98. The molecule has 1 aromatic rings. The molecule has 8 heteroatoms. The van der Waals surface area contributed by atoms with E-state index in [1.165, 1.54) is 38.4 Å². The number of amides is 1. The number of carbonyl (C=O) groups is 1. The summed E-state index contributed by atoms with van der Waals surface area (Å²) in [7, 11) is -0.680. The van der Waals surface area contributed by atoms with E-state index in [-0.39, 0.29) is 19.0 Å². The number of nitrogens with zero attached hydrogens (tertiary/aromatic N) is 1. The molecule has 0 aliphatic heterocycles. The van der Waals surface area contributed by atoms with Crippen molar-refractivity contribution in [1.82, 2.24) is 14.3 Å². The van der Waals surface area contributed by atoms with Crippen molar-refractivity contribution in [3.05, 3.63) is 35.6 Å². The van der Waals surface area contributed by atoms with Crippen molar-refractivity contribution in [2.75, 3.05) is 27.2 Å². The molecule has 1 amide bonds. The lowest BCUT2D eigenvalue weighted by molar-refractivity contribution is 0.0954.